The van der Waals surface area contributed by atoms with E-state index in [1.54, 1.807) is 6.92 Å². The van der Waals surface area contributed by atoms with Crippen LogP contribution in [0.4, 0.5) is 5.82 Å². The summed E-state index contributed by atoms with van der Waals surface area (Å²) in [6.45, 7) is 3.57. The van der Waals surface area contributed by atoms with Crippen molar-refractivity contribution in [2.24, 2.45) is 11.8 Å². The Kier molecular flexibility index (Phi) is 5.28. The minimum Gasteiger partial charge on any atom is -0.309 e. The van der Waals surface area contributed by atoms with E-state index < -0.39 is 0 Å². The van der Waals surface area contributed by atoms with E-state index in [0.717, 1.165) is 31.4 Å². The molecular formula is C15H20ClN3O2. The Morgan fingerprint density at radius 2 is 1.86 bits per heavy atom. The lowest BCUT2D eigenvalue weighted by Gasteiger charge is -2.26. The molecule has 1 saturated carbocycles. The molecule has 0 spiro atoms. The van der Waals surface area contributed by atoms with Crippen LogP contribution in [0, 0.1) is 11.8 Å². The van der Waals surface area contributed by atoms with E-state index in [-0.39, 0.29) is 23.5 Å². The normalized spacial score (nSPS) is 21.9. The molecule has 1 fully saturated rings. The van der Waals surface area contributed by atoms with Crippen LogP contribution in [0.3, 0.4) is 0 Å². The van der Waals surface area contributed by atoms with Crippen LogP contribution in [0.1, 0.15) is 45.2 Å². The van der Waals surface area contributed by atoms with Crippen molar-refractivity contribution < 1.29 is 9.59 Å². The quantitative estimate of drug-likeness (QED) is 0.928. The maximum absolute atomic E-state index is 12.3. The molecule has 1 N–H and O–H groups in total. The Bertz CT molecular complexity index is 540. The highest BCUT2D eigenvalue weighted by Crippen LogP contribution is 2.31. The van der Waals surface area contributed by atoms with Crippen molar-refractivity contribution in [3.63, 3.8) is 0 Å². The number of Topliss-reactive ketones (excluding diaryl/α,β-unsaturated/α-hetero) is 1. The van der Waals surface area contributed by atoms with Crippen LogP contribution in [0.2, 0.25) is 5.02 Å². The van der Waals surface area contributed by atoms with Crippen molar-refractivity contribution in [2.75, 3.05) is 5.32 Å². The molecule has 0 unspecified atom stereocenters. The predicted octanol–water partition coefficient (Wildman–Crippen LogP) is 3.03. The fourth-order valence-electron chi connectivity index (χ4n) is 2.72. The van der Waals surface area contributed by atoms with E-state index in [0.29, 0.717) is 17.3 Å². The molecular weight excluding hydrogens is 290 g/mol. The Morgan fingerprint density at radius 3 is 2.43 bits per heavy atom. The number of rotatable bonds is 4. The van der Waals surface area contributed by atoms with Gasteiger partial charge >= 0.3 is 0 Å². The number of anilines is 1. The van der Waals surface area contributed by atoms with Gasteiger partial charge in [0.2, 0.25) is 5.91 Å². The molecule has 0 bridgehead atoms. The first-order valence-electron chi connectivity index (χ1n) is 7.33. The summed E-state index contributed by atoms with van der Waals surface area (Å²) < 4.78 is 0. The van der Waals surface area contributed by atoms with E-state index in [2.05, 4.69) is 15.3 Å². The Balaban J connectivity index is 1.98. The van der Waals surface area contributed by atoms with E-state index >= 15 is 0 Å². The molecule has 0 aromatic carbocycles. The summed E-state index contributed by atoms with van der Waals surface area (Å²) in [6.07, 6.45) is 5.13. The summed E-state index contributed by atoms with van der Waals surface area (Å²) in [4.78, 5) is 31.7. The minimum absolute atomic E-state index is 0.0698. The average molecular weight is 310 g/mol. The van der Waals surface area contributed by atoms with Crippen molar-refractivity contribution in [1.29, 1.82) is 0 Å². The van der Waals surface area contributed by atoms with Crippen molar-refractivity contribution >= 4 is 29.1 Å². The maximum atomic E-state index is 12.3. The summed E-state index contributed by atoms with van der Waals surface area (Å²) in [6, 6.07) is 0. The molecule has 2 rings (SSSR count). The number of carbonyl (C=O) groups excluding carboxylic acids is 2. The number of nitrogens with one attached hydrogen (secondary N) is 1. The molecule has 5 nitrogen and oxygen atoms in total. The molecule has 1 aliphatic rings. The third kappa shape index (κ3) is 3.79. The lowest BCUT2D eigenvalue weighted by atomic mass is 9.80. The molecule has 1 aliphatic carbocycles. The van der Waals surface area contributed by atoms with Crippen LogP contribution in [0.15, 0.2) is 6.33 Å². The largest absolute Gasteiger partial charge is 0.309 e. The number of hydrogen-bond acceptors (Lipinski definition) is 4. The van der Waals surface area contributed by atoms with Crippen LogP contribution in [-0.2, 0) is 16.0 Å². The number of carbonyl (C=O) groups is 2. The van der Waals surface area contributed by atoms with Gasteiger partial charge in [-0.2, -0.15) is 0 Å². The standard InChI is InChI=1S/C15H20ClN3O2/c1-3-12-13(16)14(18-8-17-12)19-15(21)11-6-4-10(5-7-11)9(2)20/h8,10-11H,3-7H2,1-2H3,(H,17,18,19,21). The minimum atomic E-state index is -0.0725. The van der Waals surface area contributed by atoms with Crippen LogP contribution in [0.5, 0.6) is 0 Å². The zero-order valence-electron chi connectivity index (χ0n) is 12.4. The molecule has 0 radical (unpaired) electrons. The summed E-state index contributed by atoms with van der Waals surface area (Å²) in [5.41, 5.74) is 0.724. The van der Waals surface area contributed by atoms with Crippen molar-refractivity contribution in [3.8, 4) is 0 Å². The highest BCUT2D eigenvalue weighted by molar-refractivity contribution is 6.34. The number of aryl methyl sites for hydroxylation is 1. The summed E-state index contributed by atoms with van der Waals surface area (Å²) in [5, 5.41) is 3.20. The molecule has 1 amide bonds. The fourth-order valence-corrected chi connectivity index (χ4v) is 3.00. The molecule has 0 saturated heterocycles. The smallest absolute Gasteiger partial charge is 0.228 e. The lowest BCUT2D eigenvalue weighted by Crippen LogP contribution is -2.29. The van der Waals surface area contributed by atoms with Gasteiger partial charge in [-0.25, -0.2) is 9.97 Å². The third-order valence-corrected chi connectivity index (χ3v) is 4.51. The van der Waals surface area contributed by atoms with Crippen molar-refractivity contribution in [2.45, 2.75) is 46.0 Å². The van der Waals surface area contributed by atoms with Gasteiger partial charge in [0.15, 0.2) is 5.82 Å². The zero-order chi connectivity index (χ0) is 15.4. The molecule has 1 aromatic heterocycles. The maximum Gasteiger partial charge on any atom is 0.228 e. The van der Waals surface area contributed by atoms with E-state index in [1.807, 2.05) is 6.92 Å². The van der Waals surface area contributed by atoms with Crippen molar-refractivity contribution in [3.05, 3.63) is 17.0 Å². The number of halogens is 1. The number of amides is 1. The predicted molar refractivity (Wildman–Crippen MR) is 81.2 cm³/mol. The Morgan fingerprint density at radius 1 is 1.24 bits per heavy atom. The van der Waals surface area contributed by atoms with Crippen LogP contribution < -0.4 is 5.32 Å². The molecule has 0 atom stereocenters. The third-order valence-electron chi connectivity index (χ3n) is 4.11. The van der Waals surface area contributed by atoms with Gasteiger partial charge in [-0.1, -0.05) is 18.5 Å². The first-order chi connectivity index (χ1) is 10.0. The highest BCUT2D eigenvalue weighted by Gasteiger charge is 2.28. The first-order valence-corrected chi connectivity index (χ1v) is 7.71. The SMILES string of the molecule is CCc1ncnc(NC(=O)C2CCC(C(C)=O)CC2)c1Cl. The Labute approximate surface area is 129 Å². The van der Waals surface area contributed by atoms with Gasteiger partial charge < -0.3 is 5.32 Å². The van der Waals surface area contributed by atoms with Gasteiger partial charge in [-0.3, -0.25) is 9.59 Å². The topological polar surface area (TPSA) is 72.0 Å². The molecule has 114 valence electrons. The number of nitrogens with zero attached hydrogens (tertiary/aromatic N) is 2. The van der Waals surface area contributed by atoms with E-state index in [9.17, 15) is 9.59 Å². The van der Waals surface area contributed by atoms with Crippen molar-refractivity contribution in [1.82, 2.24) is 9.97 Å². The second-order valence-electron chi connectivity index (χ2n) is 5.48. The van der Waals surface area contributed by atoms with Gasteiger partial charge in [-0.05, 0) is 39.0 Å². The summed E-state index contributed by atoms with van der Waals surface area (Å²) in [7, 11) is 0. The second-order valence-corrected chi connectivity index (χ2v) is 5.86. The van der Waals surface area contributed by atoms with Gasteiger partial charge in [0.1, 0.15) is 17.1 Å². The molecule has 1 aromatic rings. The van der Waals surface area contributed by atoms with Crippen LogP contribution in [0.25, 0.3) is 0 Å². The van der Waals surface area contributed by atoms with Gasteiger partial charge in [0.25, 0.3) is 0 Å². The lowest BCUT2D eigenvalue weighted by molar-refractivity contribution is -0.125. The highest BCUT2D eigenvalue weighted by atomic mass is 35.5. The summed E-state index contributed by atoms with van der Waals surface area (Å²) >= 11 is 6.17. The molecule has 6 heteroatoms. The number of hydrogen-bond donors (Lipinski definition) is 1. The first kappa shape index (κ1) is 15.9. The zero-order valence-corrected chi connectivity index (χ0v) is 13.1. The Hall–Kier alpha value is -1.49. The van der Waals surface area contributed by atoms with Gasteiger partial charge in [0, 0.05) is 11.8 Å². The van der Waals surface area contributed by atoms with Gasteiger partial charge in [0.05, 0.1) is 5.69 Å². The van der Waals surface area contributed by atoms with Gasteiger partial charge in [-0.15, -0.1) is 0 Å². The van der Waals surface area contributed by atoms with E-state index in [1.165, 1.54) is 6.33 Å². The second kappa shape index (κ2) is 6.98. The molecule has 1 heterocycles. The molecule has 21 heavy (non-hydrogen) atoms. The number of aromatic nitrogens is 2. The fraction of sp³-hybridized carbons (Fsp3) is 0.600. The summed E-state index contributed by atoms with van der Waals surface area (Å²) in [5.74, 6) is 0.572. The monoisotopic (exact) mass is 309 g/mol. The van der Waals surface area contributed by atoms with Crippen LogP contribution in [-0.4, -0.2) is 21.7 Å². The van der Waals surface area contributed by atoms with E-state index in [4.69, 9.17) is 11.6 Å². The average Bonchev–Trinajstić information content (AvgIpc) is 2.49. The molecule has 0 aliphatic heterocycles. The number of ketones is 1. The van der Waals surface area contributed by atoms with Crippen LogP contribution >= 0.6 is 11.6 Å².